The monoisotopic (exact) mass is 308 g/mol. The van der Waals surface area contributed by atoms with E-state index in [9.17, 15) is 4.79 Å². The molecule has 80 valence electrons. The van der Waals surface area contributed by atoms with Crippen molar-refractivity contribution in [2.45, 2.75) is 32.7 Å². The summed E-state index contributed by atoms with van der Waals surface area (Å²) in [7, 11) is 0. The standard InChI is InChI=1S/C10H17IN2O/c1-7(2)8-4-5-10(3,12)6-13(11)9(8)14/h4,7H,5-6,12H2,1-3H3. The fraction of sp³-hybridized carbons (Fsp3) is 0.700. The van der Waals surface area contributed by atoms with Crippen LogP contribution >= 0.6 is 22.9 Å². The molecule has 0 radical (unpaired) electrons. The highest BCUT2D eigenvalue weighted by Crippen LogP contribution is 2.24. The summed E-state index contributed by atoms with van der Waals surface area (Å²) in [6.07, 6.45) is 2.76. The highest BCUT2D eigenvalue weighted by atomic mass is 127. The zero-order valence-corrected chi connectivity index (χ0v) is 11.0. The number of nitrogens with two attached hydrogens (primary N) is 1. The van der Waals surface area contributed by atoms with Crippen molar-refractivity contribution in [2.24, 2.45) is 11.7 Å². The summed E-state index contributed by atoms with van der Waals surface area (Å²) in [5, 5.41) is 0. The van der Waals surface area contributed by atoms with Gasteiger partial charge in [-0.2, -0.15) is 0 Å². The predicted octanol–water partition coefficient (Wildman–Crippen LogP) is 1.87. The van der Waals surface area contributed by atoms with Gasteiger partial charge in [0.05, 0.1) is 22.9 Å². The largest absolute Gasteiger partial charge is 0.324 e. The summed E-state index contributed by atoms with van der Waals surface area (Å²) in [5.74, 6) is 0.378. The van der Waals surface area contributed by atoms with Gasteiger partial charge in [-0.15, -0.1) is 0 Å². The first kappa shape index (κ1) is 12.0. The predicted molar refractivity (Wildman–Crippen MR) is 65.9 cm³/mol. The molecule has 2 N–H and O–H groups in total. The third kappa shape index (κ3) is 2.70. The van der Waals surface area contributed by atoms with Crippen molar-refractivity contribution in [3.05, 3.63) is 11.6 Å². The molecule has 0 fully saturated rings. The van der Waals surface area contributed by atoms with Crippen LogP contribution in [0.1, 0.15) is 27.2 Å². The summed E-state index contributed by atoms with van der Waals surface area (Å²) in [6, 6.07) is 0. The molecule has 0 aliphatic carbocycles. The number of rotatable bonds is 1. The first-order valence-electron chi connectivity index (χ1n) is 4.80. The Morgan fingerprint density at radius 1 is 1.64 bits per heavy atom. The highest BCUT2D eigenvalue weighted by molar-refractivity contribution is 14.1. The van der Waals surface area contributed by atoms with Gasteiger partial charge in [-0.3, -0.25) is 7.91 Å². The van der Waals surface area contributed by atoms with E-state index in [4.69, 9.17) is 5.73 Å². The SMILES string of the molecule is CC(C)C1=CCC(C)(N)CN(I)C1=O. The smallest absolute Gasteiger partial charge is 0.258 e. The lowest BCUT2D eigenvalue weighted by atomic mass is 9.97. The molecule has 1 heterocycles. The van der Waals surface area contributed by atoms with Crippen LogP contribution < -0.4 is 5.73 Å². The van der Waals surface area contributed by atoms with Gasteiger partial charge in [0.1, 0.15) is 0 Å². The average Bonchev–Trinajstić information content (AvgIpc) is 2.10. The molecule has 0 spiro atoms. The molecule has 14 heavy (non-hydrogen) atoms. The van der Waals surface area contributed by atoms with E-state index in [1.54, 1.807) is 3.11 Å². The Morgan fingerprint density at radius 2 is 2.21 bits per heavy atom. The van der Waals surface area contributed by atoms with E-state index in [2.05, 4.69) is 0 Å². The molecule has 1 amide bonds. The lowest BCUT2D eigenvalue weighted by molar-refractivity contribution is -0.122. The normalized spacial score (nSPS) is 29.1. The van der Waals surface area contributed by atoms with Crippen LogP contribution in [0.15, 0.2) is 11.6 Å². The van der Waals surface area contributed by atoms with Crippen LogP contribution in [-0.4, -0.2) is 21.1 Å². The van der Waals surface area contributed by atoms with Gasteiger partial charge in [-0.1, -0.05) is 19.9 Å². The third-order valence-electron chi connectivity index (χ3n) is 2.38. The van der Waals surface area contributed by atoms with Gasteiger partial charge in [0.2, 0.25) is 0 Å². The topological polar surface area (TPSA) is 46.3 Å². The van der Waals surface area contributed by atoms with Crippen LogP contribution in [-0.2, 0) is 4.79 Å². The van der Waals surface area contributed by atoms with E-state index in [0.29, 0.717) is 6.54 Å². The average molecular weight is 308 g/mol. The molecule has 3 nitrogen and oxygen atoms in total. The number of amides is 1. The van der Waals surface area contributed by atoms with Crippen molar-refractivity contribution in [1.29, 1.82) is 0 Å². The third-order valence-corrected chi connectivity index (χ3v) is 3.16. The second kappa shape index (κ2) is 4.18. The molecular formula is C10H17IN2O. The van der Waals surface area contributed by atoms with Crippen LogP contribution in [0.5, 0.6) is 0 Å². The molecular weight excluding hydrogens is 291 g/mol. The van der Waals surface area contributed by atoms with Gasteiger partial charge in [0.15, 0.2) is 0 Å². The van der Waals surface area contributed by atoms with Crippen LogP contribution in [0.25, 0.3) is 0 Å². The fourth-order valence-corrected chi connectivity index (χ4v) is 2.56. The second-order valence-electron chi connectivity index (χ2n) is 4.50. The first-order valence-corrected chi connectivity index (χ1v) is 5.76. The number of hydrogen-bond donors (Lipinski definition) is 1. The second-order valence-corrected chi connectivity index (χ2v) is 5.66. The summed E-state index contributed by atoms with van der Waals surface area (Å²) in [4.78, 5) is 11.9. The highest BCUT2D eigenvalue weighted by Gasteiger charge is 2.29. The Morgan fingerprint density at radius 3 is 2.71 bits per heavy atom. The van der Waals surface area contributed by atoms with E-state index < -0.39 is 0 Å². The molecule has 1 atom stereocenters. The quantitative estimate of drug-likeness (QED) is 0.594. The lowest BCUT2D eigenvalue weighted by Gasteiger charge is -2.25. The molecule has 1 aliphatic heterocycles. The first-order chi connectivity index (χ1) is 6.33. The number of carbonyl (C=O) groups excluding carboxylic acids is 1. The molecule has 0 aromatic carbocycles. The van der Waals surface area contributed by atoms with Gasteiger partial charge >= 0.3 is 0 Å². The van der Waals surface area contributed by atoms with Crippen molar-refractivity contribution in [1.82, 2.24) is 3.11 Å². The molecule has 0 bridgehead atoms. The van der Waals surface area contributed by atoms with Crippen molar-refractivity contribution in [2.75, 3.05) is 6.54 Å². The van der Waals surface area contributed by atoms with Crippen molar-refractivity contribution < 1.29 is 4.79 Å². The van der Waals surface area contributed by atoms with Gasteiger partial charge in [-0.05, 0) is 19.3 Å². The van der Waals surface area contributed by atoms with E-state index in [1.807, 2.05) is 49.7 Å². The zero-order chi connectivity index (χ0) is 10.9. The Labute approximate surface area is 99.2 Å². The summed E-state index contributed by atoms with van der Waals surface area (Å²) in [5.41, 5.74) is 6.63. The fourth-order valence-electron chi connectivity index (χ4n) is 1.51. The molecule has 0 saturated heterocycles. The lowest BCUT2D eigenvalue weighted by Crippen LogP contribution is -2.44. The summed E-state index contributed by atoms with van der Waals surface area (Å²) < 4.78 is 1.69. The number of hydrogen-bond acceptors (Lipinski definition) is 2. The molecule has 4 heteroatoms. The Kier molecular flexibility index (Phi) is 3.58. The maximum atomic E-state index is 11.9. The minimum atomic E-state index is -0.298. The molecule has 0 aromatic heterocycles. The molecule has 1 aliphatic rings. The van der Waals surface area contributed by atoms with E-state index in [1.165, 1.54) is 0 Å². The minimum Gasteiger partial charge on any atom is -0.324 e. The minimum absolute atomic E-state index is 0.106. The Hall–Kier alpha value is -0.100. The molecule has 0 saturated carbocycles. The van der Waals surface area contributed by atoms with Crippen molar-refractivity contribution in [3.63, 3.8) is 0 Å². The molecule has 1 rings (SSSR count). The van der Waals surface area contributed by atoms with Crippen molar-refractivity contribution in [3.8, 4) is 0 Å². The van der Waals surface area contributed by atoms with Gasteiger partial charge in [-0.25, -0.2) is 0 Å². The van der Waals surface area contributed by atoms with E-state index in [-0.39, 0.29) is 17.4 Å². The maximum absolute atomic E-state index is 11.9. The maximum Gasteiger partial charge on any atom is 0.258 e. The molecule has 0 aromatic rings. The van der Waals surface area contributed by atoms with Crippen LogP contribution in [0.2, 0.25) is 0 Å². The number of halogens is 1. The Balaban J connectivity index is 2.96. The molecule has 1 unspecified atom stereocenters. The van der Waals surface area contributed by atoms with Gasteiger partial charge in [0.25, 0.3) is 5.91 Å². The van der Waals surface area contributed by atoms with Crippen molar-refractivity contribution >= 4 is 28.8 Å². The Bertz CT molecular complexity index is 271. The van der Waals surface area contributed by atoms with Crippen LogP contribution in [0, 0.1) is 5.92 Å². The number of carbonyl (C=O) groups is 1. The van der Waals surface area contributed by atoms with Gasteiger partial charge < -0.3 is 5.73 Å². The van der Waals surface area contributed by atoms with Gasteiger partial charge in [0, 0.05) is 17.7 Å². The number of nitrogens with zero attached hydrogens (tertiary/aromatic N) is 1. The van der Waals surface area contributed by atoms with Crippen LogP contribution in [0.4, 0.5) is 0 Å². The van der Waals surface area contributed by atoms with E-state index in [0.717, 1.165) is 12.0 Å². The summed E-state index contributed by atoms with van der Waals surface area (Å²) >= 11 is 2.04. The zero-order valence-electron chi connectivity index (χ0n) is 8.88. The van der Waals surface area contributed by atoms with Crippen LogP contribution in [0.3, 0.4) is 0 Å². The summed E-state index contributed by atoms with van der Waals surface area (Å²) in [6.45, 7) is 6.66. The van der Waals surface area contributed by atoms with E-state index >= 15 is 0 Å².